The number of amides is 4. The number of hydrogen-bond donors (Lipinski definition) is 2. The van der Waals surface area contributed by atoms with Crippen molar-refractivity contribution in [1.82, 2.24) is 5.32 Å². The molecule has 3 aromatic rings. The average molecular weight is 476 g/mol. The number of nitrogens with zero attached hydrogens (tertiary/aromatic N) is 1. The molecule has 0 radical (unpaired) electrons. The molecule has 4 amide bonds. The van der Waals surface area contributed by atoms with E-state index in [-0.39, 0.29) is 29.4 Å². The number of imide groups is 2. The Morgan fingerprint density at radius 3 is 2.34 bits per heavy atom. The number of benzene rings is 3. The Bertz CT molecular complexity index is 1300. The van der Waals surface area contributed by atoms with Gasteiger partial charge in [0.15, 0.2) is 11.5 Å². The number of rotatable bonds is 7. The third-order valence-corrected chi connectivity index (χ3v) is 5.10. The molecule has 0 spiro atoms. The van der Waals surface area contributed by atoms with Crippen LogP contribution >= 0.6 is 0 Å². The van der Waals surface area contributed by atoms with E-state index in [1.165, 1.54) is 42.5 Å². The molecule has 0 bridgehead atoms. The summed E-state index contributed by atoms with van der Waals surface area (Å²) in [6.45, 7) is 2.33. The lowest BCUT2D eigenvalue weighted by Crippen LogP contribution is -2.54. The molecule has 1 aliphatic rings. The Kier molecular flexibility index (Phi) is 6.77. The normalized spacial score (nSPS) is 14.7. The Morgan fingerprint density at radius 1 is 0.943 bits per heavy atom. The minimum atomic E-state index is -0.887. The topological polar surface area (TPSA) is 105 Å². The fraction of sp³-hybridized carbons (Fsp3) is 0.115. The van der Waals surface area contributed by atoms with Gasteiger partial charge in [0, 0.05) is 0 Å². The number of phenolic OH excluding ortho intramolecular Hbond substituents is 1. The zero-order valence-corrected chi connectivity index (χ0v) is 18.7. The first kappa shape index (κ1) is 23.5. The van der Waals surface area contributed by atoms with Gasteiger partial charge in [-0.1, -0.05) is 18.2 Å². The van der Waals surface area contributed by atoms with Gasteiger partial charge in [-0.15, -0.1) is 0 Å². The van der Waals surface area contributed by atoms with Gasteiger partial charge in [-0.3, -0.25) is 14.9 Å². The molecular formula is C26H21FN2O6. The van der Waals surface area contributed by atoms with Crippen molar-refractivity contribution < 1.29 is 33.4 Å². The molecule has 8 nitrogen and oxygen atoms in total. The summed E-state index contributed by atoms with van der Waals surface area (Å²) in [6.07, 6.45) is 1.35. The molecule has 35 heavy (non-hydrogen) atoms. The molecule has 0 unspecified atom stereocenters. The number of hydrogen-bond acceptors (Lipinski definition) is 6. The summed E-state index contributed by atoms with van der Waals surface area (Å²) in [7, 11) is 0. The molecule has 0 atom stereocenters. The molecule has 1 saturated heterocycles. The van der Waals surface area contributed by atoms with Crippen molar-refractivity contribution in [3.05, 3.63) is 89.2 Å². The molecule has 9 heteroatoms. The lowest BCUT2D eigenvalue weighted by molar-refractivity contribution is -0.122. The maximum atomic E-state index is 13.1. The lowest BCUT2D eigenvalue weighted by atomic mass is 10.1. The summed E-state index contributed by atoms with van der Waals surface area (Å²) in [5.74, 6) is -1.19. The van der Waals surface area contributed by atoms with Gasteiger partial charge in [-0.25, -0.2) is 14.1 Å². The number of carbonyl (C=O) groups excluding carboxylic acids is 3. The predicted octanol–water partition coefficient (Wildman–Crippen LogP) is 4.18. The Labute approximate surface area is 200 Å². The van der Waals surface area contributed by atoms with E-state index in [2.05, 4.69) is 5.32 Å². The first-order chi connectivity index (χ1) is 16.9. The first-order valence-corrected chi connectivity index (χ1v) is 10.7. The zero-order valence-electron chi connectivity index (χ0n) is 18.7. The van der Waals surface area contributed by atoms with Crippen LogP contribution in [0.25, 0.3) is 6.08 Å². The van der Waals surface area contributed by atoms with E-state index >= 15 is 0 Å². The number of anilines is 1. The fourth-order valence-electron chi connectivity index (χ4n) is 3.40. The maximum absolute atomic E-state index is 13.1. The van der Waals surface area contributed by atoms with Crippen LogP contribution in [-0.2, 0) is 16.2 Å². The van der Waals surface area contributed by atoms with E-state index in [0.29, 0.717) is 23.7 Å². The van der Waals surface area contributed by atoms with Crippen LogP contribution in [0.3, 0.4) is 0 Å². The summed E-state index contributed by atoms with van der Waals surface area (Å²) >= 11 is 0. The standard InChI is InChI=1S/C26H21FN2O6/c1-2-34-23-14-17(5-12-22(23)35-15-16-3-6-18(27)7-4-16)13-21-24(31)28-26(33)29(25(21)32)19-8-10-20(30)11-9-19/h3-14,30H,2,15H2,1H3,(H,28,31,33)/b21-13+. The Morgan fingerprint density at radius 2 is 1.66 bits per heavy atom. The number of ether oxygens (including phenoxy) is 2. The van der Waals surface area contributed by atoms with Crippen LogP contribution in [0, 0.1) is 5.82 Å². The van der Waals surface area contributed by atoms with Crippen LogP contribution < -0.4 is 19.7 Å². The highest BCUT2D eigenvalue weighted by molar-refractivity contribution is 6.39. The van der Waals surface area contributed by atoms with E-state index < -0.39 is 17.8 Å². The van der Waals surface area contributed by atoms with Gasteiger partial charge in [0.05, 0.1) is 12.3 Å². The minimum Gasteiger partial charge on any atom is -0.508 e. The number of urea groups is 1. The second-order valence-electron chi connectivity index (χ2n) is 7.53. The maximum Gasteiger partial charge on any atom is 0.335 e. The molecule has 1 aliphatic heterocycles. The van der Waals surface area contributed by atoms with Crippen molar-refractivity contribution in [2.45, 2.75) is 13.5 Å². The van der Waals surface area contributed by atoms with Crippen molar-refractivity contribution in [3.8, 4) is 17.2 Å². The second kappa shape index (κ2) is 10.1. The first-order valence-electron chi connectivity index (χ1n) is 10.7. The zero-order chi connectivity index (χ0) is 24.9. The summed E-state index contributed by atoms with van der Waals surface area (Å²) in [5.41, 5.74) is 1.19. The largest absolute Gasteiger partial charge is 0.508 e. The van der Waals surface area contributed by atoms with Crippen molar-refractivity contribution in [3.63, 3.8) is 0 Å². The summed E-state index contributed by atoms with van der Waals surface area (Å²) in [4.78, 5) is 38.6. The highest BCUT2D eigenvalue weighted by atomic mass is 19.1. The fourth-order valence-corrected chi connectivity index (χ4v) is 3.40. The van der Waals surface area contributed by atoms with Gasteiger partial charge in [-0.2, -0.15) is 0 Å². The number of nitrogens with one attached hydrogen (secondary N) is 1. The number of phenols is 1. The lowest BCUT2D eigenvalue weighted by Gasteiger charge is -2.26. The predicted molar refractivity (Wildman–Crippen MR) is 125 cm³/mol. The van der Waals surface area contributed by atoms with Crippen molar-refractivity contribution >= 4 is 29.6 Å². The van der Waals surface area contributed by atoms with Gasteiger partial charge >= 0.3 is 6.03 Å². The van der Waals surface area contributed by atoms with Crippen LogP contribution in [0.4, 0.5) is 14.9 Å². The van der Waals surface area contributed by atoms with Crippen molar-refractivity contribution in [1.29, 1.82) is 0 Å². The molecular weight excluding hydrogens is 455 g/mol. The van der Waals surface area contributed by atoms with E-state index in [9.17, 15) is 23.9 Å². The van der Waals surface area contributed by atoms with Crippen molar-refractivity contribution in [2.75, 3.05) is 11.5 Å². The van der Waals surface area contributed by atoms with E-state index in [4.69, 9.17) is 9.47 Å². The molecule has 3 aromatic carbocycles. The summed E-state index contributed by atoms with van der Waals surface area (Å²) in [6, 6.07) is 15.3. The number of barbiturate groups is 1. The van der Waals surface area contributed by atoms with Gasteiger partial charge in [-0.05, 0) is 72.7 Å². The SMILES string of the molecule is CCOc1cc(/C=C2\C(=O)NC(=O)N(c3ccc(O)cc3)C2=O)ccc1OCc1ccc(F)cc1. The molecule has 0 aliphatic carbocycles. The van der Waals surface area contributed by atoms with Crippen LogP contribution in [0.1, 0.15) is 18.1 Å². The molecule has 178 valence electrons. The number of halogens is 1. The van der Waals surface area contributed by atoms with Crippen LogP contribution in [0.15, 0.2) is 72.3 Å². The van der Waals surface area contributed by atoms with Gasteiger partial charge in [0.25, 0.3) is 11.8 Å². The van der Waals surface area contributed by atoms with Crippen LogP contribution in [0.5, 0.6) is 17.2 Å². The van der Waals surface area contributed by atoms with Crippen molar-refractivity contribution in [2.24, 2.45) is 0 Å². The monoisotopic (exact) mass is 476 g/mol. The second-order valence-corrected chi connectivity index (χ2v) is 7.53. The number of aromatic hydroxyl groups is 1. The summed E-state index contributed by atoms with van der Waals surface area (Å²) < 4.78 is 24.6. The van der Waals surface area contributed by atoms with Gasteiger partial charge in [0.1, 0.15) is 23.7 Å². The molecule has 0 saturated carbocycles. The highest BCUT2D eigenvalue weighted by Gasteiger charge is 2.36. The Balaban J connectivity index is 1.60. The third-order valence-electron chi connectivity index (χ3n) is 5.10. The number of carbonyl (C=O) groups is 3. The Hall–Kier alpha value is -4.66. The highest BCUT2D eigenvalue weighted by Crippen LogP contribution is 2.31. The van der Waals surface area contributed by atoms with Gasteiger partial charge < -0.3 is 14.6 Å². The van der Waals surface area contributed by atoms with E-state index in [0.717, 1.165) is 10.5 Å². The molecule has 0 aromatic heterocycles. The van der Waals surface area contributed by atoms with Gasteiger partial charge in [0.2, 0.25) is 0 Å². The average Bonchev–Trinajstić information content (AvgIpc) is 2.83. The molecule has 1 heterocycles. The van der Waals surface area contributed by atoms with Crippen LogP contribution in [0.2, 0.25) is 0 Å². The van der Waals surface area contributed by atoms with Crippen LogP contribution in [-0.4, -0.2) is 29.6 Å². The van der Waals surface area contributed by atoms with E-state index in [1.54, 1.807) is 37.3 Å². The quantitative estimate of drug-likeness (QED) is 0.392. The molecule has 1 fully saturated rings. The molecule has 2 N–H and O–H groups in total. The summed E-state index contributed by atoms with van der Waals surface area (Å²) in [5, 5.41) is 11.6. The molecule has 4 rings (SSSR count). The minimum absolute atomic E-state index is 0.0318. The smallest absolute Gasteiger partial charge is 0.335 e. The third kappa shape index (κ3) is 5.30. The van der Waals surface area contributed by atoms with E-state index in [1.807, 2.05) is 0 Å².